The molecule has 1 saturated heterocycles. The normalized spacial score (nSPS) is 16.4. The number of likely N-dealkylation sites (tertiary alicyclic amines) is 1. The smallest absolute Gasteiger partial charge is 0.319 e. The standard InChI is InChI=1S/C18H16Cl2N4O/c19-13-3-6-16(17(20)9-13)12-1-4-14(5-2-12)22-18(25)23-15-7-8-24(10-15)11-21/h1-6,9,15H,7-8,10H2,(H2,22,23,25). The number of amides is 2. The summed E-state index contributed by atoms with van der Waals surface area (Å²) < 4.78 is 0. The van der Waals surface area contributed by atoms with Gasteiger partial charge in [0.15, 0.2) is 6.19 Å². The van der Waals surface area contributed by atoms with Crippen LogP contribution in [0.25, 0.3) is 11.1 Å². The first-order valence-electron chi connectivity index (χ1n) is 7.83. The van der Waals surface area contributed by atoms with Crippen molar-refractivity contribution in [3.05, 3.63) is 52.5 Å². The number of carbonyl (C=O) groups is 1. The zero-order valence-electron chi connectivity index (χ0n) is 13.3. The molecule has 1 aliphatic rings. The van der Waals surface area contributed by atoms with E-state index in [2.05, 4.69) is 16.8 Å². The number of nitrogens with zero attached hydrogens (tertiary/aromatic N) is 2. The van der Waals surface area contributed by atoms with Crippen molar-refractivity contribution < 1.29 is 4.79 Å². The Hall–Kier alpha value is -2.42. The maximum absolute atomic E-state index is 12.1. The lowest BCUT2D eigenvalue weighted by Crippen LogP contribution is -2.39. The minimum atomic E-state index is -0.276. The van der Waals surface area contributed by atoms with Crippen molar-refractivity contribution in [2.24, 2.45) is 0 Å². The van der Waals surface area contributed by atoms with E-state index in [4.69, 9.17) is 28.5 Å². The van der Waals surface area contributed by atoms with Crippen LogP contribution in [0.3, 0.4) is 0 Å². The highest BCUT2D eigenvalue weighted by atomic mass is 35.5. The van der Waals surface area contributed by atoms with Crippen LogP contribution in [-0.2, 0) is 0 Å². The summed E-state index contributed by atoms with van der Waals surface area (Å²) in [6.45, 7) is 1.23. The first-order valence-corrected chi connectivity index (χ1v) is 8.58. The van der Waals surface area contributed by atoms with Crippen LogP contribution < -0.4 is 10.6 Å². The lowest BCUT2D eigenvalue weighted by molar-refractivity contribution is 0.248. The molecule has 0 spiro atoms. The molecule has 5 nitrogen and oxygen atoms in total. The zero-order chi connectivity index (χ0) is 17.8. The Morgan fingerprint density at radius 2 is 1.96 bits per heavy atom. The Morgan fingerprint density at radius 1 is 1.20 bits per heavy atom. The molecule has 0 aromatic heterocycles. The molecule has 2 aromatic rings. The number of nitriles is 1. The molecule has 0 saturated carbocycles. The fourth-order valence-corrected chi connectivity index (χ4v) is 3.30. The third-order valence-electron chi connectivity index (χ3n) is 4.05. The average molecular weight is 375 g/mol. The number of hydrogen-bond acceptors (Lipinski definition) is 3. The molecular formula is C18H16Cl2N4O. The van der Waals surface area contributed by atoms with Gasteiger partial charge < -0.3 is 15.5 Å². The highest BCUT2D eigenvalue weighted by molar-refractivity contribution is 6.36. The van der Waals surface area contributed by atoms with E-state index in [-0.39, 0.29) is 12.1 Å². The number of hydrogen-bond donors (Lipinski definition) is 2. The number of halogens is 2. The molecule has 128 valence electrons. The van der Waals surface area contributed by atoms with E-state index in [9.17, 15) is 4.79 Å². The molecule has 1 heterocycles. The number of urea groups is 1. The Morgan fingerprint density at radius 3 is 2.60 bits per heavy atom. The van der Waals surface area contributed by atoms with E-state index in [0.717, 1.165) is 17.5 Å². The maximum atomic E-state index is 12.1. The quantitative estimate of drug-likeness (QED) is 0.785. The number of carbonyl (C=O) groups excluding carboxylic acids is 1. The molecule has 1 atom stereocenters. The lowest BCUT2D eigenvalue weighted by Gasteiger charge is -2.13. The number of benzene rings is 2. The van der Waals surface area contributed by atoms with Gasteiger partial charge in [-0.15, -0.1) is 0 Å². The maximum Gasteiger partial charge on any atom is 0.319 e. The summed E-state index contributed by atoms with van der Waals surface area (Å²) in [6.07, 6.45) is 2.86. The van der Waals surface area contributed by atoms with Crippen LogP contribution in [-0.4, -0.2) is 30.1 Å². The van der Waals surface area contributed by atoms with Gasteiger partial charge in [-0.1, -0.05) is 41.4 Å². The van der Waals surface area contributed by atoms with Crippen molar-refractivity contribution in [1.82, 2.24) is 10.2 Å². The van der Waals surface area contributed by atoms with E-state index < -0.39 is 0 Å². The molecule has 25 heavy (non-hydrogen) atoms. The molecule has 1 unspecified atom stereocenters. The monoisotopic (exact) mass is 374 g/mol. The Balaban J connectivity index is 1.61. The number of nitrogens with one attached hydrogen (secondary N) is 2. The summed E-state index contributed by atoms with van der Waals surface area (Å²) in [6, 6.07) is 12.5. The molecule has 0 bridgehead atoms. The lowest BCUT2D eigenvalue weighted by atomic mass is 10.1. The second-order valence-electron chi connectivity index (χ2n) is 5.83. The minimum absolute atomic E-state index is 0.00760. The second kappa shape index (κ2) is 7.64. The highest BCUT2D eigenvalue weighted by Gasteiger charge is 2.22. The average Bonchev–Trinajstić information content (AvgIpc) is 3.03. The molecule has 3 rings (SSSR count). The van der Waals surface area contributed by atoms with Gasteiger partial charge in [-0.3, -0.25) is 0 Å². The fraction of sp³-hybridized carbons (Fsp3) is 0.222. The van der Waals surface area contributed by atoms with E-state index in [1.54, 1.807) is 17.0 Å². The minimum Gasteiger partial charge on any atom is -0.333 e. The molecule has 2 amide bonds. The summed E-state index contributed by atoms with van der Waals surface area (Å²) in [5, 5.41) is 15.7. The molecule has 1 aliphatic heterocycles. The molecule has 2 aromatic carbocycles. The molecule has 7 heteroatoms. The van der Waals surface area contributed by atoms with Crippen LogP contribution in [0.1, 0.15) is 6.42 Å². The van der Waals surface area contributed by atoms with Gasteiger partial charge in [-0.2, -0.15) is 5.26 Å². The molecule has 2 N–H and O–H groups in total. The van der Waals surface area contributed by atoms with Crippen LogP contribution in [0, 0.1) is 11.5 Å². The van der Waals surface area contributed by atoms with Gasteiger partial charge in [0.1, 0.15) is 0 Å². The summed E-state index contributed by atoms with van der Waals surface area (Å²) in [7, 11) is 0. The van der Waals surface area contributed by atoms with Crippen LogP contribution in [0.5, 0.6) is 0 Å². The fourth-order valence-electron chi connectivity index (χ4n) is 2.78. The SMILES string of the molecule is N#CN1CCC(NC(=O)Nc2ccc(-c3ccc(Cl)cc3Cl)cc2)C1. The van der Waals surface area contributed by atoms with Gasteiger partial charge >= 0.3 is 6.03 Å². The van der Waals surface area contributed by atoms with Crippen molar-refractivity contribution in [1.29, 1.82) is 5.26 Å². The number of anilines is 1. The Labute approximate surface area is 156 Å². The van der Waals surface area contributed by atoms with Crippen LogP contribution in [0.15, 0.2) is 42.5 Å². The van der Waals surface area contributed by atoms with Gasteiger partial charge in [0, 0.05) is 34.4 Å². The first kappa shape index (κ1) is 17.4. The summed E-state index contributed by atoms with van der Waals surface area (Å²) in [5.41, 5.74) is 2.50. The molecule has 0 aliphatic carbocycles. The van der Waals surface area contributed by atoms with Gasteiger partial charge in [-0.05, 0) is 36.2 Å². The molecule has 0 radical (unpaired) electrons. The van der Waals surface area contributed by atoms with E-state index >= 15 is 0 Å². The van der Waals surface area contributed by atoms with Crippen molar-refractivity contribution in [2.75, 3.05) is 18.4 Å². The van der Waals surface area contributed by atoms with E-state index in [0.29, 0.717) is 28.8 Å². The van der Waals surface area contributed by atoms with Gasteiger partial charge in [0.2, 0.25) is 0 Å². The van der Waals surface area contributed by atoms with Crippen molar-refractivity contribution in [2.45, 2.75) is 12.5 Å². The topological polar surface area (TPSA) is 68.2 Å². The van der Waals surface area contributed by atoms with Crippen LogP contribution in [0.2, 0.25) is 10.0 Å². The van der Waals surface area contributed by atoms with E-state index in [1.165, 1.54) is 0 Å². The van der Waals surface area contributed by atoms with Gasteiger partial charge in [0.05, 0.1) is 6.04 Å². The summed E-state index contributed by atoms with van der Waals surface area (Å²) in [4.78, 5) is 13.7. The van der Waals surface area contributed by atoms with Gasteiger partial charge in [0.25, 0.3) is 0 Å². The number of rotatable bonds is 3. The third-order valence-corrected chi connectivity index (χ3v) is 4.60. The Kier molecular flexibility index (Phi) is 5.32. The predicted octanol–water partition coefficient (Wildman–Crippen LogP) is 4.34. The highest BCUT2D eigenvalue weighted by Crippen LogP contribution is 2.30. The third kappa shape index (κ3) is 4.36. The summed E-state index contributed by atoms with van der Waals surface area (Å²) in [5.74, 6) is 0. The zero-order valence-corrected chi connectivity index (χ0v) is 14.8. The Bertz CT molecular complexity index is 817. The van der Waals surface area contributed by atoms with Gasteiger partial charge in [-0.25, -0.2) is 4.79 Å². The van der Waals surface area contributed by atoms with Crippen LogP contribution in [0.4, 0.5) is 10.5 Å². The van der Waals surface area contributed by atoms with Crippen molar-refractivity contribution in [3.63, 3.8) is 0 Å². The largest absolute Gasteiger partial charge is 0.333 e. The summed E-state index contributed by atoms with van der Waals surface area (Å²) >= 11 is 12.1. The first-order chi connectivity index (χ1) is 12.0. The van der Waals surface area contributed by atoms with Crippen molar-refractivity contribution >= 4 is 34.9 Å². The molecule has 1 fully saturated rings. The second-order valence-corrected chi connectivity index (χ2v) is 6.68. The predicted molar refractivity (Wildman–Crippen MR) is 99.6 cm³/mol. The molecular weight excluding hydrogens is 359 g/mol. The van der Waals surface area contributed by atoms with Crippen molar-refractivity contribution in [3.8, 4) is 17.3 Å². The van der Waals surface area contributed by atoms with E-state index in [1.807, 2.05) is 30.3 Å². The van der Waals surface area contributed by atoms with Crippen LogP contribution >= 0.6 is 23.2 Å².